The summed E-state index contributed by atoms with van der Waals surface area (Å²) in [6.07, 6.45) is 5.02. The maximum absolute atomic E-state index is 8.36. The number of pyridine rings is 1. The Bertz CT molecular complexity index is 326. The van der Waals surface area contributed by atoms with E-state index >= 15 is 0 Å². The second-order valence-corrected chi connectivity index (χ2v) is 3.65. The van der Waals surface area contributed by atoms with Crippen LogP contribution in [0, 0.1) is 0 Å². The van der Waals surface area contributed by atoms with Crippen LogP contribution in [0.25, 0.3) is 0 Å². The molecule has 0 aliphatic carbocycles. The number of nitrogens with zero attached hydrogens (tertiary/aromatic N) is 2. The second kappa shape index (κ2) is 6.79. The van der Waals surface area contributed by atoms with E-state index in [0.717, 1.165) is 13.0 Å². The van der Waals surface area contributed by atoms with E-state index in [2.05, 4.69) is 22.4 Å². The highest BCUT2D eigenvalue weighted by atomic mass is 16.4. The van der Waals surface area contributed by atoms with Gasteiger partial charge in [-0.1, -0.05) is 5.16 Å². The Morgan fingerprint density at radius 2 is 2.25 bits per heavy atom. The predicted molar refractivity (Wildman–Crippen MR) is 63.3 cm³/mol. The van der Waals surface area contributed by atoms with Gasteiger partial charge in [0.15, 0.2) is 0 Å². The number of nitrogens with two attached hydrogens (primary N) is 1. The van der Waals surface area contributed by atoms with Gasteiger partial charge in [0.2, 0.25) is 0 Å². The van der Waals surface area contributed by atoms with E-state index in [-0.39, 0.29) is 11.9 Å². The van der Waals surface area contributed by atoms with E-state index in [1.807, 2.05) is 12.1 Å². The zero-order valence-corrected chi connectivity index (χ0v) is 9.43. The molecular formula is C11H18N4O. The first-order chi connectivity index (χ1) is 7.74. The van der Waals surface area contributed by atoms with Crippen LogP contribution in [-0.2, 0) is 0 Å². The standard InChI is InChI=1S/C11H18N4O/c1-9(10-4-7-13-8-5-10)14-6-2-3-11(12)15-16/h4-5,7-9,14,16H,2-3,6H2,1H3,(H2,12,15)/t9-/m1/s1. The van der Waals surface area contributed by atoms with Crippen molar-refractivity contribution in [2.24, 2.45) is 10.9 Å². The van der Waals surface area contributed by atoms with Crippen LogP contribution in [-0.4, -0.2) is 22.6 Å². The van der Waals surface area contributed by atoms with Crippen LogP contribution >= 0.6 is 0 Å². The molecule has 5 heteroatoms. The van der Waals surface area contributed by atoms with Crippen LogP contribution in [0.2, 0.25) is 0 Å². The topological polar surface area (TPSA) is 83.5 Å². The Labute approximate surface area is 95.4 Å². The van der Waals surface area contributed by atoms with Gasteiger partial charge >= 0.3 is 0 Å². The minimum absolute atomic E-state index is 0.276. The Morgan fingerprint density at radius 3 is 2.88 bits per heavy atom. The highest BCUT2D eigenvalue weighted by molar-refractivity contribution is 5.79. The Balaban J connectivity index is 2.23. The minimum Gasteiger partial charge on any atom is -0.409 e. The summed E-state index contributed by atoms with van der Waals surface area (Å²) in [5.74, 6) is 0.276. The largest absolute Gasteiger partial charge is 0.409 e. The number of oxime groups is 1. The third kappa shape index (κ3) is 4.27. The minimum atomic E-state index is 0.276. The van der Waals surface area contributed by atoms with Crippen molar-refractivity contribution in [3.05, 3.63) is 30.1 Å². The van der Waals surface area contributed by atoms with Crippen molar-refractivity contribution >= 4 is 5.84 Å². The summed E-state index contributed by atoms with van der Waals surface area (Å²) in [6.45, 7) is 2.93. The lowest BCUT2D eigenvalue weighted by Gasteiger charge is -2.13. The van der Waals surface area contributed by atoms with Crippen LogP contribution in [0.1, 0.15) is 31.4 Å². The molecule has 0 bridgehead atoms. The van der Waals surface area contributed by atoms with Crippen molar-refractivity contribution < 1.29 is 5.21 Å². The molecule has 1 rings (SSSR count). The lowest BCUT2D eigenvalue weighted by atomic mass is 10.1. The van der Waals surface area contributed by atoms with Crippen LogP contribution in [0.3, 0.4) is 0 Å². The van der Waals surface area contributed by atoms with Crippen molar-refractivity contribution in [3.63, 3.8) is 0 Å². The van der Waals surface area contributed by atoms with Gasteiger partial charge in [-0.15, -0.1) is 0 Å². The molecule has 0 aliphatic rings. The van der Waals surface area contributed by atoms with Crippen molar-refractivity contribution in [1.82, 2.24) is 10.3 Å². The van der Waals surface area contributed by atoms with Gasteiger partial charge in [0.1, 0.15) is 5.84 Å². The predicted octanol–water partition coefficient (Wildman–Crippen LogP) is 1.26. The van der Waals surface area contributed by atoms with Gasteiger partial charge in [0.25, 0.3) is 0 Å². The summed E-state index contributed by atoms with van der Waals surface area (Å²) in [4.78, 5) is 3.97. The van der Waals surface area contributed by atoms with Crippen LogP contribution in [0.5, 0.6) is 0 Å². The van der Waals surface area contributed by atoms with E-state index in [4.69, 9.17) is 10.9 Å². The molecule has 1 heterocycles. The zero-order chi connectivity index (χ0) is 11.8. The van der Waals surface area contributed by atoms with Crippen molar-refractivity contribution in [1.29, 1.82) is 0 Å². The summed E-state index contributed by atoms with van der Waals surface area (Å²) in [6, 6.07) is 4.26. The monoisotopic (exact) mass is 222 g/mol. The molecule has 0 unspecified atom stereocenters. The molecule has 5 nitrogen and oxygen atoms in total. The van der Waals surface area contributed by atoms with Crippen LogP contribution < -0.4 is 11.1 Å². The first kappa shape index (κ1) is 12.4. The average molecular weight is 222 g/mol. The Morgan fingerprint density at radius 1 is 1.56 bits per heavy atom. The van der Waals surface area contributed by atoms with E-state index in [9.17, 15) is 0 Å². The normalized spacial score (nSPS) is 13.7. The van der Waals surface area contributed by atoms with Gasteiger partial charge in [0.05, 0.1) is 0 Å². The summed E-state index contributed by atoms with van der Waals surface area (Å²) >= 11 is 0. The first-order valence-corrected chi connectivity index (χ1v) is 5.33. The molecule has 0 saturated heterocycles. The summed E-state index contributed by atoms with van der Waals surface area (Å²) < 4.78 is 0. The molecule has 0 aromatic carbocycles. The SMILES string of the molecule is C[C@@H](NCCC/C(N)=N/O)c1ccncc1. The molecule has 1 atom stereocenters. The Hall–Kier alpha value is -1.62. The van der Waals surface area contributed by atoms with Gasteiger partial charge in [-0.3, -0.25) is 4.98 Å². The highest BCUT2D eigenvalue weighted by Gasteiger charge is 2.03. The third-order valence-corrected chi connectivity index (χ3v) is 2.39. The fraction of sp³-hybridized carbons (Fsp3) is 0.455. The van der Waals surface area contributed by atoms with E-state index in [1.54, 1.807) is 12.4 Å². The van der Waals surface area contributed by atoms with E-state index in [1.165, 1.54) is 5.56 Å². The molecule has 4 N–H and O–H groups in total. The number of aromatic nitrogens is 1. The molecule has 1 aromatic rings. The molecule has 0 amide bonds. The number of rotatable bonds is 6. The molecule has 0 aliphatic heterocycles. The zero-order valence-electron chi connectivity index (χ0n) is 9.43. The number of hydrogen-bond acceptors (Lipinski definition) is 4. The van der Waals surface area contributed by atoms with Crippen molar-refractivity contribution in [3.8, 4) is 0 Å². The molecular weight excluding hydrogens is 204 g/mol. The van der Waals surface area contributed by atoms with Crippen molar-refractivity contribution in [2.45, 2.75) is 25.8 Å². The third-order valence-electron chi connectivity index (χ3n) is 2.39. The fourth-order valence-electron chi connectivity index (χ4n) is 1.41. The smallest absolute Gasteiger partial charge is 0.139 e. The molecule has 0 saturated carbocycles. The van der Waals surface area contributed by atoms with Gasteiger partial charge in [-0.2, -0.15) is 0 Å². The molecule has 0 radical (unpaired) electrons. The highest BCUT2D eigenvalue weighted by Crippen LogP contribution is 2.09. The van der Waals surface area contributed by atoms with E-state index in [0.29, 0.717) is 6.42 Å². The molecule has 88 valence electrons. The fourth-order valence-corrected chi connectivity index (χ4v) is 1.41. The average Bonchev–Trinajstić information content (AvgIpc) is 2.35. The number of hydrogen-bond donors (Lipinski definition) is 3. The van der Waals surface area contributed by atoms with Crippen LogP contribution in [0.4, 0.5) is 0 Å². The van der Waals surface area contributed by atoms with E-state index < -0.39 is 0 Å². The lowest BCUT2D eigenvalue weighted by molar-refractivity contribution is 0.316. The molecule has 0 spiro atoms. The number of nitrogens with one attached hydrogen (secondary N) is 1. The van der Waals surface area contributed by atoms with Gasteiger partial charge in [-0.25, -0.2) is 0 Å². The quantitative estimate of drug-likeness (QED) is 0.222. The summed E-state index contributed by atoms with van der Waals surface area (Å²) in [5.41, 5.74) is 6.57. The maximum atomic E-state index is 8.36. The second-order valence-electron chi connectivity index (χ2n) is 3.65. The summed E-state index contributed by atoms with van der Waals surface area (Å²) in [7, 11) is 0. The van der Waals surface area contributed by atoms with Crippen LogP contribution in [0.15, 0.2) is 29.7 Å². The van der Waals surface area contributed by atoms with Gasteiger partial charge in [0, 0.05) is 24.9 Å². The van der Waals surface area contributed by atoms with Gasteiger partial charge in [-0.05, 0) is 37.6 Å². The number of amidine groups is 1. The van der Waals surface area contributed by atoms with Crippen molar-refractivity contribution in [2.75, 3.05) is 6.54 Å². The lowest BCUT2D eigenvalue weighted by Crippen LogP contribution is -2.21. The summed E-state index contributed by atoms with van der Waals surface area (Å²) in [5, 5.41) is 14.6. The Kier molecular flexibility index (Phi) is 5.28. The molecule has 0 fully saturated rings. The van der Waals surface area contributed by atoms with Gasteiger partial charge < -0.3 is 16.3 Å². The maximum Gasteiger partial charge on any atom is 0.139 e. The molecule has 16 heavy (non-hydrogen) atoms. The first-order valence-electron chi connectivity index (χ1n) is 5.33. The molecule has 1 aromatic heterocycles.